The molecule has 0 aromatic rings. The van der Waals surface area contributed by atoms with Gasteiger partial charge in [-0.2, -0.15) is 313 Å². The number of methoxy groups -OCH3 is 2. The third-order valence-corrected chi connectivity index (χ3v) is 52.9. The fourth-order valence-electron chi connectivity index (χ4n) is 6.33. The van der Waals surface area contributed by atoms with Crippen molar-refractivity contribution in [2.75, 3.05) is 60.3 Å². The highest BCUT2D eigenvalue weighted by molar-refractivity contribution is 14.3. The summed E-state index contributed by atoms with van der Waals surface area (Å²) in [6.45, 7) is -0.491. The van der Waals surface area contributed by atoms with Gasteiger partial charge in [0.25, 0.3) is 9.19 Å². The van der Waals surface area contributed by atoms with Gasteiger partial charge in [-0.05, 0) is 0 Å². The van der Waals surface area contributed by atoms with Crippen molar-refractivity contribution in [3.05, 3.63) is 0 Å². The first-order valence-corrected chi connectivity index (χ1v) is 44.6. The van der Waals surface area contributed by atoms with Crippen LogP contribution in [0.2, 0.25) is 0 Å². The van der Waals surface area contributed by atoms with Gasteiger partial charge in [-0.1, -0.05) is 0 Å². The highest BCUT2D eigenvalue weighted by Crippen LogP contribution is 2.33. The van der Waals surface area contributed by atoms with E-state index in [9.17, 15) is 29.7 Å². The number of hydrogen-bond donors (Lipinski definition) is 3. The Labute approximate surface area is 677 Å². The Kier molecular flexibility index (Phi) is 55.4. The molecule has 11 nitrogen and oxygen atoms in total. The SMILES string of the molecule is COCCN(B(B(I)B(I)BBB(I)I)B(I)B(I)B(I)B(I)B(I)B(I)N(B(I)B(I)B(I)B(I)B(I)B(I)B(B(I)B(I)BBB(I)I)N(CCOC)C(=O)CO)C(=O)CO)C(=O)CO. The van der Waals surface area contributed by atoms with E-state index < -0.39 is 19.8 Å². The summed E-state index contributed by atoms with van der Waals surface area (Å²) in [6.07, 6.45) is 0. The summed E-state index contributed by atoms with van der Waals surface area (Å²) in [5, 5.41) is 30.8. The molecule has 67 heavy (non-hydrogen) atoms. The number of ether oxygens (including phenoxy) is 2. The lowest BCUT2D eigenvalue weighted by atomic mass is 8.82. The first-order chi connectivity index (χ1) is 31.2. The van der Waals surface area contributed by atoms with E-state index in [2.05, 4.69) is 447 Å². The van der Waals surface area contributed by atoms with Crippen molar-refractivity contribution >= 4 is 581 Å². The van der Waals surface area contributed by atoms with Gasteiger partial charge in [-0.3, -0.25) is 14.4 Å². The topological polar surface area (TPSA) is 140 Å². The molecule has 0 spiro atoms. The molecule has 3 N–H and O–H groups in total. The highest BCUT2D eigenvalue weighted by Gasteiger charge is 2.57. The van der Waals surface area contributed by atoms with Gasteiger partial charge < -0.3 is 39.1 Å². The summed E-state index contributed by atoms with van der Waals surface area (Å²) in [6, 6.07) is 0. The Bertz CT molecular complexity index is 1360. The van der Waals surface area contributed by atoms with Crippen LogP contribution < -0.4 is 0 Å². The number of carbonyl (C=O) groups excluding carboxylic acids is 3. The summed E-state index contributed by atoms with van der Waals surface area (Å²) in [5.41, 5.74) is 0. The molecule has 0 aromatic heterocycles. The maximum atomic E-state index is 13.9. The number of rotatable bonds is 35. The second-order valence-corrected chi connectivity index (χ2v) is 48.3. The monoisotopic (exact) mass is 3140 g/mol. The largest absolute Gasteiger partial charge is 0.423 e. The summed E-state index contributed by atoms with van der Waals surface area (Å²) >= 11 is 50.3. The average molecular weight is 3140 g/mol. The van der Waals surface area contributed by atoms with Crippen LogP contribution in [0.15, 0.2) is 0 Å². The molecule has 0 rings (SSSR count). The van der Waals surface area contributed by atoms with Crippen molar-refractivity contribution < 1.29 is 39.2 Å². The number of amides is 3. The van der Waals surface area contributed by atoms with Gasteiger partial charge in [0, 0.05) is 27.3 Å². The molecule has 0 aliphatic carbocycles. The molecule has 0 aliphatic rings. The molecular formula is C12H27B24I20N3O8. The molecular weight excluding hydrogens is 3110 g/mol. The van der Waals surface area contributed by atoms with Crippen molar-refractivity contribution in [3.63, 3.8) is 0 Å². The second-order valence-electron chi connectivity index (χ2n) is 14.5. The number of hydrogen-bond acceptors (Lipinski definition) is 8. The van der Waals surface area contributed by atoms with Gasteiger partial charge in [0.1, 0.15) is 19.8 Å². The van der Waals surface area contributed by atoms with Crippen molar-refractivity contribution in [1.29, 1.82) is 0 Å². The third kappa shape index (κ3) is 29.0. The van der Waals surface area contributed by atoms with Gasteiger partial charge in [0.2, 0.25) is 44.3 Å². The first-order valence-electron chi connectivity index (χ1n) is 19.7. The third-order valence-electron chi connectivity index (χ3n) is 9.93. The minimum atomic E-state index is -0.592. The van der Waals surface area contributed by atoms with Crippen LogP contribution >= 0.6 is 447 Å². The normalized spacial score (nSPS) is 10.3. The molecule has 55 heteroatoms. The van der Waals surface area contributed by atoms with Crippen molar-refractivity contribution in [2.45, 2.75) is 0 Å². The maximum absolute atomic E-state index is 13.9. The molecule has 0 bridgehead atoms. The fourth-order valence-corrected chi connectivity index (χ4v) is 31.9. The highest BCUT2D eigenvalue weighted by atomic mass is 127. The molecule has 0 saturated carbocycles. The standard InChI is InChI=1S/C12H27B24I20N3O8/c1-66-5-3-57(10(63)7-60)33(21(43)17(37)13-15-19(39)40)29(51)25(47)23(45)27(49)31(53)35(55)59(12(65)9-62)36(56)32(54)28(50)24(46)26(48)30(52)34(22(44)18(38)14-16-20(41)42)58(4-6-67-2)11(64)8-61/h13-16,60-62H,3-9H2,1-2H3. The number of nitrogens with zero attached hydrogens (tertiary/aromatic N) is 3. The van der Waals surface area contributed by atoms with Crippen LogP contribution in [0.4, 0.5) is 0 Å². The number of halogens is 20. The first kappa shape index (κ1) is 81.4. The van der Waals surface area contributed by atoms with Crippen molar-refractivity contribution in [3.8, 4) is 0 Å². The van der Waals surface area contributed by atoms with E-state index in [1.807, 2.05) is 14.3 Å². The molecule has 0 aliphatic heterocycles. The molecule has 3 amide bonds. The van der Waals surface area contributed by atoms with E-state index in [0.717, 1.165) is 28.2 Å². The molecule has 0 unspecified atom stereocenters. The lowest BCUT2D eigenvalue weighted by Crippen LogP contribution is -2.71. The van der Waals surface area contributed by atoms with Gasteiger partial charge in [-0.15, -0.1) is 134 Å². The van der Waals surface area contributed by atoms with E-state index in [1.54, 1.807) is 14.2 Å². The van der Waals surface area contributed by atoms with E-state index >= 15 is 0 Å². The van der Waals surface area contributed by atoms with E-state index in [0.29, 0.717) is 39.6 Å². The summed E-state index contributed by atoms with van der Waals surface area (Å²) in [4.78, 5) is 44.5. The Morgan fingerprint density at radius 2 is 0.672 bits per heavy atom. The quantitative estimate of drug-likeness (QED) is 0.0639. The average Bonchev–Trinajstić information content (AvgIpc) is 3.31. The van der Waals surface area contributed by atoms with Crippen LogP contribution in [-0.4, -0.2) is 224 Å². The fraction of sp³-hybridized carbons (Fsp3) is 0.750. The van der Waals surface area contributed by atoms with E-state index in [1.165, 1.54) is 0 Å². The van der Waals surface area contributed by atoms with Crippen LogP contribution in [0.1, 0.15) is 0 Å². The zero-order valence-electron chi connectivity index (χ0n) is 35.1. The van der Waals surface area contributed by atoms with Crippen molar-refractivity contribution in [2.24, 2.45) is 0 Å². The number of carbonyl (C=O) groups is 3. The predicted molar refractivity (Wildman–Crippen MR) is 499 cm³/mol. The molecule has 0 fully saturated rings. The van der Waals surface area contributed by atoms with E-state index in [-0.39, 0.29) is 92.4 Å². The lowest BCUT2D eigenvalue weighted by Gasteiger charge is -2.38. The van der Waals surface area contributed by atoms with Crippen LogP contribution in [0.5, 0.6) is 0 Å². The summed E-state index contributed by atoms with van der Waals surface area (Å²) in [7, 11) is 7.43. The minimum Gasteiger partial charge on any atom is -0.423 e. The Morgan fingerprint density at radius 3 is 0.925 bits per heavy atom. The molecule has 0 atom stereocenters. The zero-order valence-corrected chi connectivity index (χ0v) is 78.3. The molecule has 350 valence electrons. The smallest absolute Gasteiger partial charge is 0.284 e. The van der Waals surface area contributed by atoms with Gasteiger partial charge in [0.15, 0.2) is 52.2 Å². The van der Waals surface area contributed by atoms with Crippen LogP contribution in [0.3, 0.4) is 0 Å². The molecule has 0 saturated heterocycles. The summed E-state index contributed by atoms with van der Waals surface area (Å²) < 4.78 is 14.9. The molecule has 0 heterocycles. The molecule has 0 radical (unpaired) electrons. The Hall–Kier alpha value is 14.4. The van der Waals surface area contributed by atoms with Gasteiger partial charge in [-0.25, -0.2) is 0 Å². The predicted octanol–water partition coefficient (Wildman–Crippen LogP) is 4.08. The second kappa shape index (κ2) is 45.6. The number of aliphatic hydroxyl groups is 3. The minimum absolute atomic E-state index is 0.00415. The zero-order chi connectivity index (χ0) is 52.2. The van der Waals surface area contributed by atoms with Gasteiger partial charge >= 0.3 is 0 Å². The van der Waals surface area contributed by atoms with Crippen molar-refractivity contribution in [1.82, 2.24) is 14.3 Å². The van der Waals surface area contributed by atoms with Gasteiger partial charge in [0.05, 0.1) is 41.5 Å². The summed E-state index contributed by atoms with van der Waals surface area (Å²) in [5.74, 6) is -0.896. The van der Waals surface area contributed by atoms with Crippen LogP contribution in [-0.2, 0) is 23.9 Å². The maximum Gasteiger partial charge on any atom is 0.284 e. The molecule has 0 aromatic carbocycles. The lowest BCUT2D eigenvalue weighted by molar-refractivity contribution is -0.130. The van der Waals surface area contributed by atoms with E-state index in [4.69, 9.17) is 9.47 Å². The van der Waals surface area contributed by atoms with Crippen LogP contribution in [0, 0.1) is 0 Å². The Morgan fingerprint density at radius 1 is 0.403 bits per heavy atom. The number of aliphatic hydroxyl groups excluding tert-OH is 3. The van der Waals surface area contributed by atoms with Crippen LogP contribution in [0.25, 0.3) is 0 Å². The Balaban J connectivity index is 6.81.